The SMILES string of the molecule is COc1cc(N)c(Cl)cc1C(=O)N[C@@H]1CCN(CCCCCC(=O)NC[C@H](O)[C@@H](O)[C@H](O)[C@H](O)CO)C[C@@H]1OC. The van der Waals surface area contributed by atoms with Crippen molar-refractivity contribution in [3.05, 3.63) is 22.7 Å². The zero-order valence-electron chi connectivity index (χ0n) is 23.0. The Balaban J connectivity index is 1.69. The number of nitrogens with two attached hydrogens (primary N) is 1. The Kier molecular flexibility index (Phi) is 14.3. The zero-order chi connectivity index (χ0) is 29.8. The van der Waals surface area contributed by atoms with Crippen molar-refractivity contribution in [3.8, 4) is 5.75 Å². The number of aliphatic hydroxyl groups is 5. The molecule has 228 valence electrons. The minimum atomic E-state index is -1.73. The van der Waals surface area contributed by atoms with E-state index < -0.39 is 31.0 Å². The number of nitrogens with zero attached hydrogens (tertiary/aromatic N) is 1. The molecule has 14 heteroatoms. The molecule has 2 amide bonds. The molecule has 9 N–H and O–H groups in total. The number of methoxy groups -OCH3 is 2. The maximum atomic E-state index is 12.9. The number of nitrogens with one attached hydrogen (secondary N) is 2. The Labute approximate surface area is 239 Å². The highest BCUT2D eigenvalue weighted by Gasteiger charge is 2.32. The fraction of sp³-hybridized carbons (Fsp3) is 0.692. The summed E-state index contributed by atoms with van der Waals surface area (Å²) in [5.41, 5.74) is 6.43. The summed E-state index contributed by atoms with van der Waals surface area (Å²) in [6.45, 7) is 1.14. The third kappa shape index (κ3) is 10.00. The molecule has 1 saturated heterocycles. The second-order valence-corrected chi connectivity index (χ2v) is 10.3. The van der Waals surface area contributed by atoms with Gasteiger partial charge in [0, 0.05) is 39.2 Å². The smallest absolute Gasteiger partial charge is 0.255 e. The van der Waals surface area contributed by atoms with Gasteiger partial charge in [0.2, 0.25) is 5.91 Å². The van der Waals surface area contributed by atoms with Crippen molar-refractivity contribution < 1.29 is 44.6 Å². The number of unbranched alkanes of at least 4 members (excludes halogenated alkanes) is 2. The minimum Gasteiger partial charge on any atom is -0.496 e. The van der Waals surface area contributed by atoms with E-state index in [1.165, 1.54) is 19.2 Å². The largest absolute Gasteiger partial charge is 0.496 e. The van der Waals surface area contributed by atoms with Gasteiger partial charge in [0.25, 0.3) is 5.91 Å². The van der Waals surface area contributed by atoms with Gasteiger partial charge in [-0.2, -0.15) is 0 Å². The first-order valence-corrected chi connectivity index (χ1v) is 13.7. The van der Waals surface area contributed by atoms with E-state index in [9.17, 15) is 30.0 Å². The molecule has 1 aliphatic rings. The zero-order valence-corrected chi connectivity index (χ0v) is 23.7. The number of amides is 2. The van der Waals surface area contributed by atoms with Crippen molar-refractivity contribution in [1.29, 1.82) is 0 Å². The lowest BCUT2D eigenvalue weighted by atomic mass is 10.00. The fourth-order valence-electron chi connectivity index (χ4n) is 4.54. The number of benzene rings is 1. The molecule has 40 heavy (non-hydrogen) atoms. The summed E-state index contributed by atoms with van der Waals surface area (Å²) in [4.78, 5) is 27.2. The molecule has 1 aliphatic heterocycles. The highest BCUT2D eigenvalue weighted by molar-refractivity contribution is 6.33. The van der Waals surface area contributed by atoms with E-state index in [2.05, 4.69) is 15.5 Å². The molecule has 13 nitrogen and oxygen atoms in total. The predicted molar refractivity (Wildman–Crippen MR) is 148 cm³/mol. The van der Waals surface area contributed by atoms with Gasteiger partial charge in [0.05, 0.1) is 48.2 Å². The minimum absolute atomic E-state index is 0.194. The van der Waals surface area contributed by atoms with Crippen LogP contribution in [0.5, 0.6) is 5.75 Å². The number of hydrogen-bond donors (Lipinski definition) is 8. The number of carbonyl (C=O) groups excluding carboxylic acids is 2. The maximum absolute atomic E-state index is 12.9. The first-order valence-electron chi connectivity index (χ1n) is 13.3. The van der Waals surface area contributed by atoms with Gasteiger partial charge in [0.15, 0.2) is 0 Å². The average molecular weight is 591 g/mol. The number of ether oxygens (including phenoxy) is 2. The van der Waals surface area contributed by atoms with Crippen molar-refractivity contribution in [2.24, 2.45) is 0 Å². The molecule has 1 aromatic carbocycles. The first kappa shape index (κ1) is 34.0. The van der Waals surface area contributed by atoms with Crippen LogP contribution in [-0.2, 0) is 9.53 Å². The number of anilines is 1. The molecule has 0 saturated carbocycles. The molecule has 6 atom stereocenters. The Morgan fingerprint density at radius 3 is 2.48 bits per heavy atom. The van der Waals surface area contributed by atoms with Gasteiger partial charge in [-0.25, -0.2) is 0 Å². The standard InChI is InChI=1S/C26H43ClN4O9/c1-39-21-11-17(28)16(27)10-15(21)26(38)30-18-7-9-31(13-22(18)40-2)8-5-3-4-6-23(35)29-12-19(33)24(36)25(37)20(34)14-32/h10-11,18-20,22,24-25,32-34,36-37H,3-9,12-14,28H2,1-2H3,(H,29,35)(H,30,38)/t18-,19+,20-,22+,24-,25-/m1/s1. The third-order valence-electron chi connectivity index (χ3n) is 7.04. The van der Waals surface area contributed by atoms with Crippen LogP contribution in [-0.4, -0.2) is 126 Å². The number of piperidine rings is 1. The van der Waals surface area contributed by atoms with E-state index in [-0.39, 0.29) is 41.9 Å². The normalized spacial score (nSPS) is 20.8. The van der Waals surface area contributed by atoms with Crippen LogP contribution in [0.3, 0.4) is 0 Å². The van der Waals surface area contributed by atoms with Crippen molar-refractivity contribution in [1.82, 2.24) is 15.5 Å². The maximum Gasteiger partial charge on any atom is 0.255 e. The van der Waals surface area contributed by atoms with Gasteiger partial charge in [-0.1, -0.05) is 18.0 Å². The predicted octanol–water partition coefficient (Wildman–Crippen LogP) is -1.14. The lowest BCUT2D eigenvalue weighted by Gasteiger charge is -2.38. The lowest BCUT2D eigenvalue weighted by molar-refractivity contribution is -0.126. The van der Waals surface area contributed by atoms with Crippen LogP contribution in [0.1, 0.15) is 42.5 Å². The van der Waals surface area contributed by atoms with Crippen LogP contribution in [0, 0.1) is 0 Å². The number of hydrogen-bond acceptors (Lipinski definition) is 11. The van der Waals surface area contributed by atoms with Crippen molar-refractivity contribution in [2.45, 2.75) is 68.7 Å². The first-order chi connectivity index (χ1) is 19.0. The number of halogens is 1. The van der Waals surface area contributed by atoms with Gasteiger partial charge >= 0.3 is 0 Å². The van der Waals surface area contributed by atoms with Crippen LogP contribution in [0.25, 0.3) is 0 Å². The topological polar surface area (TPSA) is 207 Å². The quantitative estimate of drug-likeness (QED) is 0.0852. The molecule has 2 rings (SSSR count). The second-order valence-electron chi connectivity index (χ2n) is 9.93. The monoisotopic (exact) mass is 590 g/mol. The summed E-state index contributed by atoms with van der Waals surface area (Å²) < 4.78 is 10.9. The molecular formula is C26H43ClN4O9. The molecule has 0 radical (unpaired) electrons. The molecule has 1 heterocycles. The highest BCUT2D eigenvalue weighted by atomic mass is 35.5. The number of rotatable bonds is 16. The number of nitrogen functional groups attached to an aromatic ring is 1. The number of likely N-dealkylation sites (tertiary alicyclic amines) is 1. The highest BCUT2D eigenvalue weighted by Crippen LogP contribution is 2.29. The Morgan fingerprint density at radius 2 is 1.82 bits per heavy atom. The van der Waals surface area contributed by atoms with E-state index in [1.54, 1.807) is 7.11 Å². The Morgan fingerprint density at radius 1 is 1.12 bits per heavy atom. The van der Waals surface area contributed by atoms with Gasteiger partial charge in [-0.3, -0.25) is 9.59 Å². The van der Waals surface area contributed by atoms with E-state index in [0.29, 0.717) is 36.4 Å². The Hall–Kier alpha value is -2.23. The van der Waals surface area contributed by atoms with E-state index in [0.717, 1.165) is 25.9 Å². The molecule has 1 fully saturated rings. The number of aliphatic hydroxyl groups excluding tert-OH is 5. The summed E-state index contributed by atoms with van der Waals surface area (Å²) >= 11 is 6.10. The summed E-state index contributed by atoms with van der Waals surface area (Å²) in [6, 6.07) is 2.81. The van der Waals surface area contributed by atoms with Gasteiger partial charge in [-0.15, -0.1) is 0 Å². The van der Waals surface area contributed by atoms with Gasteiger partial charge < -0.3 is 56.3 Å². The summed E-state index contributed by atoms with van der Waals surface area (Å²) in [5, 5.41) is 53.2. The van der Waals surface area contributed by atoms with Crippen LogP contribution < -0.4 is 21.1 Å². The average Bonchev–Trinajstić information content (AvgIpc) is 2.95. The van der Waals surface area contributed by atoms with Crippen molar-refractivity contribution in [2.75, 3.05) is 52.7 Å². The molecule has 0 unspecified atom stereocenters. The Bertz CT molecular complexity index is 957. The molecule has 0 aromatic heterocycles. The number of carbonyl (C=O) groups is 2. The van der Waals surface area contributed by atoms with Gasteiger partial charge in [-0.05, 0) is 31.9 Å². The fourth-order valence-corrected chi connectivity index (χ4v) is 4.70. The molecular weight excluding hydrogens is 548 g/mol. The van der Waals surface area contributed by atoms with Crippen LogP contribution >= 0.6 is 11.6 Å². The molecule has 1 aromatic rings. The van der Waals surface area contributed by atoms with E-state index >= 15 is 0 Å². The summed E-state index contributed by atoms with van der Waals surface area (Å²) in [6.07, 6.45) is -3.54. The lowest BCUT2D eigenvalue weighted by Crippen LogP contribution is -2.54. The van der Waals surface area contributed by atoms with Crippen LogP contribution in [0.15, 0.2) is 12.1 Å². The molecule has 0 spiro atoms. The van der Waals surface area contributed by atoms with Gasteiger partial charge in [0.1, 0.15) is 24.1 Å². The van der Waals surface area contributed by atoms with Crippen LogP contribution in [0.4, 0.5) is 5.69 Å². The molecule has 0 aliphatic carbocycles. The van der Waals surface area contributed by atoms with Crippen molar-refractivity contribution in [3.63, 3.8) is 0 Å². The summed E-state index contributed by atoms with van der Waals surface area (Å²) in [7, 11) is 3.07. The molecule has 0 bridgehead atoms. The third-order valence-corrected chi connectivity index (χ3v) is 7.37. The summed E-state index contributed by atoms with van der Waals surface area (Å²) in [5.74, 6) is -0.290. The van der Waals surface area contributed by atoms with Crippen LogP contribution in [0.2, 0.25) is 5.02 Å². The second kappa shape index (κ2) is 16.9. The van der Waals surface area contributed by atoms with E-state index in [1.807, 2.05) is 0 Å². The van der Waals surface area contributed by atoms with E-state index in [4.69, 9.17) is 31.9 Å². The van der Waals surface area contributed by atoms with Crippen molar-refractivity contribution >= 4 is 29.1 Å².